The van der Waals surface area contributed by atoms with Gasteiger partial charge in [0.25, 0.3) is 0 Å². The normalized spacial score (nSPS) is 14.5. The molecule has 0 rings (SSSR count). The fourth-order valence-corrected chi connectivity index (χ4v) is 8.90. The molecule has 0 spiro atoms. The van der Waals surface area contributed by atoms with E-state index in [9.17, 15) is 19.4 Å². The number of quaternary nitrogens is 1. The Morgan fingerprint density at radius 2 is 0.884 bits per heavy atom. The van der Waals surface area contributed by atoms with Crippen molar-refractivity contribution in [3.05, 3.63) is 72.9 Å². The van der Waals surface area contributed by atoms with Gasteiger partial charge in [0.05, 0.1) is 39.9 Å². The molecule has 0 aliphatic carbocycles. The highest BCUT2D eigenvalue weighted by Crippen LogP contribution is 2.43. The summed E-state index contributed by atoms with van der Waals surface area (Å²) in [6.07, 6.45) is 70.2. The molecule has 3 N–H and O–H groups in total. The molecule has 402 valence electrons. The highest BCUT2D eigenvalue weighted by molar-refractivity contribution is 7.47. The first-order valence-electron chi connectivity index (χ1n) is 28.8. The second-order valence-electron chi connectivity index (χ2n) is 20.6. The summed E-state index contributed by atoms with van der Waals surface area (Å²) in [6.45, 7) is 4.68. The average Bonchev–Trinajstić information content (AvgIpc) is 3.31. The molecule has 9 heteroatoms. The minimum atomic E-state index is -4.35. The fraction of sp³-hybridized carbons (Fsp3) is 0.783. The van der Waals surface area contributed by atoms with E-state index in [-0.39, 0.29) is 19.1 Å². The maximum atomic E-state index is 13.0. The van der Waals surface area contributed by atoms with Crippen molar-refractivity contribution in [1.29, 1.82) is 0 Å². The number of aliphatic hydroxyl groups is 1. The Bertz CT molecular complexity index is 1350. The summed E-state index contributed by atoms with van der Waals surface area (Å²) in [4.78, 5) is 23.3. The molecule has 8 nitrogen and oxygen atoms in total. The molecule has 0 aromatic heterocycles. The van der Waals surface area contributed by atoms with Crippen molar-refractivity contribution in [1.82, 2.24) is 5.32 Å². The molecule has 0 aliphatic heterocycles. The molecule has 0 aromatic rings. The molecular formula is C60H112N2O6P+. The number of hydrogen-bond donors (Lipinski definition) is 3. The number of carbonyl (C=O) groups is 1. The summed E-state index contributed by atoms with van der Waals surface area (Å²) < 4.78 is 23.6. The van der Waals surface area contributed by atoms with Crippen LogP contribution in [0.15, 0.2) is 72.9 Å². The van der Waals surface area contributed by atoms with Crippen LogP contribution in [0.1, 0.15) is 251 Å². The fourth-order valence-electron chi connectivity index (χ4n) is 8.17. The summed E-state index contributed by atoms with van der Waals surface area (Å²) in [7, 11) is 1.56. The van der Waals surface area contributed by atoms with Gasteiger partial charge < -0.3 is 19.8 Å². The molecule has 0 saturated carbocycles. The van der Waals surface area contributed by atoms with E-state index < -0.39 is 20.0 Å². The number of phosphoric acid groups is 1. The Labute approximate surface area is 427 Å². The van der Waals surface area contributed by atoms with Gasteiger partial charge in [0.1, 0.15) is 13.2 Å². The van der Waals surface area contributed by atoms with Gasteiger partial charge in [-0.2, -0.15) is 0 Å². The van der Waals surface area contributed by atoms with Gasteiger partial charge in [-0.25, -0.2) is 4.57 Å². The van der Waals surface area contributed by atoms with E-state index >= 15 is 0 Å². The first kappa shape index (κ1) is 66.9. The molecule has 0 radical (unpaired) electrons. The smallest absolute Gasteiger partial charge is 0.387 e. The molecule has 0 bridgehead atoms. The van der Waals surface area contributed by atoms with Crippen molar-refractivity contribution in [2.24, 2.45) is 0 Å². The first-order chi connectivity index (χ1) is 33.5. The first-order valence-corrected chi connectivity index (χ1v) is 30.3. The van der Waals surface area contributed by atoms with Crippen LogP contribution in [-0.4, -0.2) is 73.4 Å². The maximum absolute atomic E-state index is 13.0. The maximum Gasteiger partial charge on any atom is 0.472 e. The van der Waals surface area contributed by atoms with Gasteiger partial charge in [-0.1, -0.05) is 247 Å². The molecule has 0 aromatic carbocycles. The van der Waals surface area contributed by atoms with Crippen LogP contribution in [0.4, 0.5) is 0 Å². The molecule has 1 amide bonds. The zero-order valence-electron chi connectivity index (χ0n) is 45.8. The Hall–Kier alpha value is -2.06. The lowest BCUT2D eigenvalue weighted by atomic mass is 10.0. The molecule has 0 saturated heterocycles. The zero-order chi connectivity index (χ0) is 50.6. The molecular weight excluding hydrogens is 876 g/mol. The largest absolute Gasteiger partial charge is 0.472 e. The van der Waals surface area contributed by atoms with E-state index in [1.165, 1.54) is 167 Å². The highest BCUT2D eigenvalue weighted by atomic mass is 31.2. The number of carbonyl (C=O) groups excluding carboxylic acids is 1. The van der Waals surface area contributed by atoms with Gasteiger partial charge in [-0.15, -0.1) is 0 Å². The summed E-state index contributed by atoms with van der Waals surface area (Å²) in [6, 6.07) is -0.864. The van der Waals surface area contributed by atoms with Crippen molar-refractivity contribution < 1.29 is 32.9 Å². The highest BCUT2D eigenvalue weighted by Gasteiger charge is 2.27. The number of rotatable bonds is 52. The summed E-state index contributed by atoms with van der Waals surface area (Å²) in [5.41, 5.74) is 0. The van der Waals surface area contributed by atoms with E-state index in [0.717, 1.165) is 64.2 Å². The number of unbranched alkanes of at least 4 members (excludes halogenated alkanes) is 29. The second-order valence-corrected chi connectivity index (χ2v) is 22.1. The summed E-state index contributed by atoms with van der Waals surface area (Å²) in [5, 5.41) is 13.9. The number of likely N-dealkylation sites (N-methyl/N-ethyl adjacent to an activating group) is 1. The van der Waals surface area contributed by atoms with Crippen LogP contribution in [-0.2, 0) is 18.4 Å². The van der Waals surface area contributed by atoms with E-state index in [0.29, 0.717) is 17.4 Å². The minimum Gasteiger partial charge on any atom is -0.387 e. The number of hydrogen-bond acceptors (Lipinski definition) is 5. The van der Waals surface area contributed by atoms with Crippen molar-refractivity contribution in [3.8, 4) is 0 Å². The van der Waals surface area contributed by atoms with Crippen molar-refractivity contribution in [3.63, 3.8) is 0 Å². The van der Waals surface area contributed by atoms with Crippen LogP contribution >= 0.6 is 7.82 Å². The Balaban J connectivity index is 4.05. The molecule has 69 heavy (non-hydrogen) atoms. The molecule has 0 aliphatic rings. The van der Waals surface area contributed by atoms with Crippen molar-refractivity contribution >= 4 is 13.7 Å². The predicted octanol–water partition coefficient (Wildman–Crippen LogP) is 17.5. The van der Waals surface area contributed by atoms with E-state index in [4.69, 9.17) is 9.05 Å². The molecule has 3 unspecified atom stereocenters. The second kappa shape index (κ2) is 50.9. The third-order valence-electron chi connectivity index (χ3n) is 12.7. The lowest BCUT2D eigenvalue weighted by Gasteiger charge is -2.25. The number of phosphoric ester groups is 1. The monoisotopic (exact) mass is 988 g/mol. The molecule has 3 atom stereocenters. The molecule has 0 heterocycles. The van der Waals surface area contributed by atoms with Crippen LogP contribution in [0.5, 0.6) is 0 Å². The van der Waals surface area contributed by atoms with Gasteiger partial charge >= 0.3 is 7.82 Å². The van der Waals surface area contributed by atoms with E-state index in [2.05, 4.69) is 79.9 Å². The van der Waals surface area contributed by atoms with E-state index in [1.807, 2.05) is 27.2 Å². The number of amides is 1. The average molecular weight is 989 g/mol. The number of nitrogens with zero attached hydrogens (tertiary/aromatic N) is 1. The van der Waals surface area contributed by atoms with Crippen LogP contribution in [0, 0.1) is 0 Å². The number of nitrogens with one attached hydrogen (secondary N) is 1. The summed E-state index contributed by atoms with van der Waals surface area (Å²) >= 11 is 0. The van der Waals surface area contributed by atoms with Gasteiger partial charge in [-0.05, 0) is 70.6 Å². The lowest BCUT2D eigenvalue weighted by Crippen LogP contribution is -2.45. The van der Waals surface area contributed by atoms with Gasteiger partial charge in [0.2, 0.25) is 5.91 Å². The Kier molecular flexibility index (Phi) is 49.3. The van der Waals surface area contributed by atoms with E-state index in [1.54, 1.807) is 6.08 Å². The Morgan fingerprint density at radius 1 is 0.507 bits per heavy atom. The standard InChI is InChI=1S/C60H111N2O6P/c1-6-8-10-12-14-16-18-20-22-23-24-25-26-27-28-29-30-31-32-33-34-35-36-37-38-39-40-42-44-46-48-50-52-54-60(64)61-58(57-68-69(65,66)67-56-55-62(3,4)5)59(63)53-51-49-47-45-43-41-21-19-17-15-13-11-9-7-2/h8,10,14,16,20,22,24-25,43,45,51,53,58-59,63H,6-7,9,11-13,15,17-19,21,23,26-42,44,46-50,52,54-57H2,1-5H3,(H-,61,64,65,66)/p+1/b10-8-,16-14-,22-20-,25-24-,45-43+,53-51+. The van der Waals surface area contributed by atoms with Crippen LogP contribution in [0.25, 0.3) is 0 Å². The molecule has 0 fully saturated rings. The number of aliphatic hydroxyl groups excluding tert-OH is 1. The lowest BCUT2D eigenvalue weighted by molar-refractivity contribution is -0.870. The van der Waals surface area contributed by atoms with Gasteiger partial charge in [-0.3, -0.25) is 13.8 Å². The number of allylic oxidation sites excluding steroid dienone is 11. The van der Waals surface area contributed by atoms with Crippen LogP contribution in [0.3, 0.4) is 0 Å². The van der Waals surface area contributed by atoms with Crippen molar-refractivity contribution in [2.45, 2.75) is 264 Å². The van der Waals surface area contributed by atoms with Crippen LogP contribution < -0.4 is 5.32 Å². The van der Waals surface area contributed by atoms with Gasteiger partial charge in [0, 0.05) is 6.42 Å². The zero-order valence-corrected chi connectivity index (χ0v) is 46.7. The quantitative estimate of drug-likeness (QED) is 0.0243. The third kappa shape index (κ3) is 53.6. The van der Waals surface area contributed by atoms with Crippen LogP contribution in [0.2, 0.25) is 0 Å². The van der Waals surface area contributed by atoms with Crippen molar-refractivity contribution in [2.75, 3.05) is 40.9 Å². The summed E-state index contributed by atoms with van der Waals surface area (Å²) in [5.74, 6) is -0.186. The predicted molar refractivity (Wildman–Crippen MR) is 300 cm³/mol. The SMILES string of the molecule is CC/C=C\C/C=C\C/C=C\C/C=C\CCCCCCCCCCCCCCCCCCCCCCC(=O)NC(COP(=O)(O)OCC[N+](C)(C)C)C(O)/C=C/CC/C=C/CCCCCCCCCC. The Morgan fingerprint density at radius 3 is 1.33 bits per heavy atom. The topological polar surface area (TPSA) is 105 Å². The minimum absolute atomic E-state index is 0.0554. The third-order valence-corrected chi connectivity index (χ3v) is 13.6. The van der Waals surface area contributed by atoms with Gasteiger partial charge in [0.15, 0.2) is 0 Å².